The second-order valence-electron chi connectivity index (χ2n) is 7.95. The van der Waals surface area contributed by atoms with Crippen LogP contribution in [-0.4, -0.2) is 82.6 Å². The maximum absolute atomic E-state index is 9.55. The Morgan fingerprint density at radius 2 is 1.69 bits per heavy atom. The van der Waals surface area contributed by atoms with Crippen molar-refractivity contribution in [2.45, 2.75) is 21.1 Å². The summed E-state index contributed by atoms with van der Waals surface area (Å²) >= 11 is 3.68. The Morgan fingerprint density at radius 3 is 2.31 bits per heavy atom. The van der Waals surface area contributed by atoms with Gasteiger partial charge < -0.3 is 20.2 Å². The number of aliphatic carboxylic acids is 2. The summed E-state index contributed by atoms with van der Waals surface area (Å²) in [5.74, 6) is -2.51. The molecular formula is C26H30N2O5S2. The fourth-order valence-corrected chi connectivity index (χ4v) is 5.35. The number of piperazine rings is 1. The molecule has 3 N–H and O–H groups in total. The third kappa shape index (κ3) is 7.90. The van der Waals surface area contributed by atoms with Gasteiger partial charge in [-0.25, -0.2) is 9.59 Å². The van der Waals surface area contributed by atoms with E-state index < -0.39 is 11.9 Å². The molecule has 9 heteroatoms. The van der Waals surface area contributed by atoms with Gasteiger partial charge in [0, 0.05) is 77.4 Å². The second-order valence-corrected chi connectivity index (χ2v) is 9.91. The van der Waals surface area contributed by atoms with Crippen LogP contribution in [0.4, 0.5) is 0 Å². The van der Waals surface area contributed by atoms with Gasteiger partial charge in [-0.1, -0.05) is 30.0 Å². The van der Waals surface area contributed by atoms with Gasteiger partial charge >= 0.3 is 11.9 Å². The first kappa shape index (κ1) is 26.9. The molecule has 2 aliphatic rings. The summed E-state index contributed by atoms with van der Waals surface area (Å²) in [6.45, 7) is 5.47. The van der Waals surface area contributed by atoms with Crippen molar-refractivity contribution < 1.29 is 24.9 Å². The molecule has 1 saturated heterocycles. The van der Waals surface area contributed by atoms with Crippen LogP contribution in [0.25, 0.3) is 11.8 Å². The molecular weight excluding hydrogens is 484 g/mol. The minimum absolute atomic E-state index is 0.282. The van der Waals surface area contributed by atoms with Crippen LogP contribution in [0.15, 0.2) is 69.3 Å². The summed E-state index contributed by atoms with van der Waals surface area (Å²) < 4.78 is 0. The Morgan fingerprint density at radius 1 is 1.00 bits per heavy atom. The monoisotopic (exact) mass is 514 g/mol. The zero-order valence-electron chi connectivity index (χ0n) is 19.6. The smallest absolute Gasteiger partial charge is 0.328 e. The zero-order valence-corrected chi connectivity index (χ0v) is 21.2. The van der Waals surface area contributed by atoms with Crippen molar-refractivity contribution in [2.24, 2.45) is 0 Å². The lowest BCUT2D eigenvalue weighted by atomic mass is 10.1. The first-order valence-corrected chi connectivity index (χ1v) is 13.3. The third-order valence-corrected chi connectivity index (χ3v) is 7.50. The van der Waals surface area contributed by atoms with Gasteiger partial charge in [-0.2, -0.15) is 0 Å². The van der Waals surface area contributed by atoms with E-state index in [0.29, 0.717) is 12.2 Å². The van der Waals surface area contributed by atoms with E-state index in [2.05, 4.69) is 64.6 Å². The minimum Gasteiger partial charge on any atom is -0.478 e. The number of carbonyl (C=O) groups is 2. The fourth-order valence-electron chi connectivity index (χ4n) is 3.87. The van der Waals surface area contributed by atoms with Gasteiger partial charge in [0.05, 0.1) is 0 Å². The molecule has 0 aromatic heterocycles. The van der Waals surface area contributed by atoms with E-state index in [1.165, 1.54) is 31.5 Å². The number of benzene rings is 2. The average Bonchev–Trinajstić information content (AvgIpc) is 3.03. The average molecular weight is 515 g/mol. The van der Waals surface area contributed by atoms with Crippen LogP contribution in [0.1, 0.15) is 17.5 Å². The van der Waals surface area contributed by atoms with Gasteiger partial charge in [-0.05, 0) is 48.6 Å². The number of carboxylic acid groups (broad SMARTS) is 2. The Hall–Kier alpha value is -2.72. The lowest BCUT2D eigenvalue weighted by Gasteiger charge is -2.37. The van der Waals surface area contributed by atoms with Crippen LogP contribution < -0.4 is 0 Å². The molecule has 4 rings (SSSR count). The number of thioether (sulfide) groups is 1. The quantitative estimate of drug-likeness (QED) is 0.373. The van der Waals surface area contributed by atoms with Gasteiger partial charge in [0.1, 0.15) is 0 Å². The number of aliphatic hydroxyl groups excluding tert-OH is 1. The highest BCUT2D eigenvalue weighted by atomic mass is 32.2. The van der Waals surface area contributed by atoms with Crippen LogP contribution in [0, 0.1) is 0 Å². The fraction of sp³-hybridized carbons (Fsp3) is 0.308. The first-order valence-electron chi connectivity index (χ1n) is 11.3. The van der Waals surface area contributed by atoms with E-state index in [-0.39, 0.29) is 6.61 Å². The summed E-state index contributed by atoms with van der Waals surface area (Å²) in [4.78, 5) is 28.1. The van der Waals surface area contributed by atoms with Crippen molar-refractivity contribution in [1.29, 1.82) is 0 Å². The number of aliphatic hydroxyl groups is 1. The van der Waals surface area contributed by atoms with E-state index in [0.717, 1.165) is 39.1 Å². The first-order chi connectivity index (χ1) is 16.9. The van der Waals surface area contributed by atoms with Crippen molar-refractivity contribution in [1.82, 2.24) is 9.80 Å². The van der Waals surface area contributed by atoms with E-state index >= 15 is 0 Å². The van der Waals surface area contributed by atoms with Crippen molar-refractivity contribution in [2.75, 3.05) is 45.6 Å². The van der Waals surface area contributed by atoms with Crippen molar-refractivity contribution in [3.05, 3.63) is 65.7 Å². The maximum Gasteiger partial charge on any atom is 0.328 e. The maximum atomic E-state index is 9.55. The lowest BCUT2D eigenvalue weighted by Crippen LogP contribution is -2.45. The van der Waals surface area contributed by atoms with Gasteiger partial charge in [0.2, 0.25) is 0 Å². The standard InChI is InChI=1S/C22H26N2OS2.C4H4O4/c1-26-18-7-8-22-19(16-18)20(15-17-5-2-3-6-21(17)27-22)24-12-10-23(11-13-24)9-4-14-25;5-3(6)1-2-4(7)8/h2-3,5-8,15-16,25H,4,9-14H2,1H3;1-2H,(H,5,6)(H,7,8)/b;2-1-. The van der Waals surface area contributed by atoms with Crippen LogP contribution in [0.2, 0.25) is 0 Å². The van der Waals surface area contributed by atoms with Gasteiger partial charge in [-0.15, -0.1) is 11.8 Å². The molecule has 0 spiro atoms. The minimum atomic E-state index is -1.26. The highest BCUT2D eigenvalue weighted by Gasteiger charge is 2.24. The molecule has 2 heterocycles. The molecule has 0 atom stereocenters. The van der Waals surface area contributed by atoms with Crippen LogP contribution in [0.3, 0.4) is 0 Å². The van der Waals surface area contributed by atoms with Crippen molar-refractivity contribution >= 4 is 47.2 Å². The van der Waals surface area contributed by atoms with Crippen molar-refractivity contribution in [3.8, 4) is 0 Å². The molecule has 2 aromatic carbocycles. The van der Waals surface area contributed by atoms with E-state index in [4.69, 9.17) is 15.3 Å². The normalized spacial score (nSPS) is 15.4. The number of carboxylic acids is 2. The highest BCUT2D eigenvalue weighted by molar-refractivity contribution is 7.99. The number of rotatable bonds is 7. The topological polar surface area (TPSA) is 101 Å². The predicted octanol–water partition coefficient (Wildman–Crippen LogP) is 4.08. The Kier molecular flexibility index (Phi) is 10.3. The SMILES string of the molecule is CSc1ccc2c(c1)C(N1CCN(CCCO)CC1)=Cc1ccccc1S2.O=C(O)/C=C\C(=O)O. The molecule has 1 fully saturated rings. The molecule has 2 aromatic rings. The predicted molar refractivity (Wildman–Crippen MR) is 141 cm³/mol. The third-order valence-electron chi connectivity index (χ3n) is 5.61. The highest BCUT2D eigenvalue weighted by Crippen LogP contribution is 2.42. The van der Waals surface area contributed by atoms with E-state index in [9.17, 15) is 9.59 Å². The van der Waals surface area contributed by atoms with E-state index in [1.807, 2.05) is 11.8 Å². The Bertz CT molecular complexity index is 1080. The molecule has 0 saturated carbocycles. The van der Waals surface area contributed by atoms with Crippen LogP contribution >= 0.6 is 23.5 Å². The largest absolute Gasteiger partial charge is 0.478 e. The molecule has 0 aliphatic carbocycles. The number of hydrogen-bond acceptors (Lipinski definition) is 7. The number of hydrogen-bond donors (Lipinski definition) is 3. The summed E-state index contributed by atoms with van der Waals surface area (Å²) in [6, 6.07) is 15.6. The number of nitrogens with zero attached hydrogens (tertiary/aromatic N) is 2. The molecule has 7 nitrogen and oxygen atoms in total. The molecule has 0 unspecified atom stereocenters. The van der Waals surface area contributed by atoms with Crippen LogP contribution in [-0.2, 0) is 9.59 Å². The zero-order chi connectivity index (χ0) is 25.2. The Labute approximate surface area is 214 Å². The van der Waals surface area contributed by atoms with Gasteiger partial charge in [0.25, 0.3) is 0 Å². The lowest BCUT2D eigenvalue weighted by molar-refractivity contribution is -0.134. The molecule has 186 valence electrons. The molecule has 0 bridgehead atoms. The summed E-state index contributed by atoms with van der Waals surface area (Å²) in [7, 11) is 0. The molecule has 0 radical (unpaired) electrons. The molecule has 2 aliphatic heterocycles. The second kappa shape index (κ2) is 13.4. The summed E-state index contributed by atoms with van der Waals surface area (Å²) in [6.07, 6.45) is 6.50. The Balaban J connectivity index is 0.000000371. The van der Waals surface area contributed by atoms with Gasteiger partial charge in [0.15, 0.2) is 0 Å². The van der Waals surface area contributed by atoms with E-state index in [1.54, 1.807) is 11.8 Å². The summed E-state index contributed by atoms with van der Waals surface area (Å²) in [5, 5.41) is 24.7. The van der Waals surface area contributed by atoms with Gasteiger partial charge in [-0.3, -0.25) is 4.90 Å². The van der Waals surface area contributed by atoms with Crippen LogP contribution in [0.5, 0.6) is 0 Å². The number of fused-ring (bicyclic) bond motifs is 2. The van der Waals surface area contributed by atoms with Crippen molar-refractivity contribution in [3.63, 3.8) is 0 Å². The molecule has 0 amide bonds. The molecule has 35 heavy (non-hydrogen) atoms. The summed E-state index contributed by atoms with van der Waals surface area (Å²) in [5.41, 5.74) is 4.01.